The molecule has 3 aromatic rings. The van der Waals surface area contributed by atoms with Crippen LogP contribution in [-0.2, 0) is 12.5 Å². The monoisotopic (exact) mass is 312 g/mol. The quantitative estimate of drug-likeness (QED) is 0.686. The van der Waals surface area contributed by atoms with Crippen molar-refractivity contribution in [1.29, 1.82) is 0 Å². The molecule has 0 aliphatic heterocycles. The van der Waals surface area contributed by atoms with Crippen molar-refractivity contribution in [3.8, 4) is 0 Å². The van der Waals surface area contributed by atoms with E-state index in [9.17, 15) is 0 Å². The van der Waals surface area contributed by atoms with Gasteiger partial charge in [-0.05, 0) is 23.1 Å². The highest BCUT2D eigenvalue weighted by molar-refractivity contribution is 5.59. The molecule has 0 N–H and O–H groups in total. The van der Waals surface area contributed by atoms with Crippen molar-refractivity contribution in [3.63, 3.8) is 0 Å². The fraction of sp³-hybridized carbons (Fsp3) is 0.136. The van der Waals surface area contributed by atoms with Crippen LogP contribution in [0.4, 0.5) is 0 Å². The molecule has 0 atom stereocenters. The minimum atomic E-state index is -0.395. The van der Waals surface area contributed by atoms with Crippen LogP contribution < -0.4 is 0 Å². The van der Waals surface area contributed by atoms with Gasteiger partial charge in [-0.15, -0.1) is 0 Å². The largest absolute Gasteiger partial charge is 0.337 e. The normalized spacial score (nSPS) is 14.0. The molecule has 1 aromatic heterocycles. The lowest BCUT2D eigenvalue weighted by molar-refractivity contribution is 0.638. The number of rotatable bonds is 4. The Morgan fingerprint density at radius 3 is 2.00 bits per heavy atom. The van der Waals surface area contributed by atoms with Gasteiger partial charge in [0.15, 0.2) is 0 Å². The molecule has 0 spiro atoms. The fourth-order valence-electron chi connectivity index (χ4n) is 3.73. The van der Waals surface area contributed by atoms with E-state index in [2.05, 4.69) is 90.5 Å². The Hall–Kier alpha value is -2.87. The highest BCUT2D eigenvalue weighted by Gasteiger charge is 2.42. The van der Waals surface area contributed by atoms with Gasteiger partial charge >= 0.3 is 0 Å². The molecule has 24 heavy (non-hydrogen) atoms. The number of benzene rings is 2. The van der Waals surface area contributed by atoms with E-state index in [1.54, 1.807) is 0 Å². The third-order valence-corrected chi connectivity index (χ3v) is 4.77. The molecule has 1 aliphatic rings. The number of hydrogen-bond donors (Lipinski definition) is 0. The molecule has 118 valence electrons. The third-order valence-electron chi connectivity index (χ3n) is 4.77. The zero-order chi connectivity index (χ0) is 16.4. The number of aryl methyl sites for hydroxylation is 1. The first-order chi connectivity index (χ1) is 11.8. The van der Waals surface area contributed by atoms with E-state index in [1.807, 2.05) is 12.4 Å². The molecular weight excluding hydrogens is 292 g/mol. The Morgan fingerprint density at radius 2 is 1.54 bits per heavy atom. The molecule has 0 bridgehead atoms. The van der Waals surface area contributed by atoms with Crippen LogP contribution in [0.25, 0.3) is 0 Å². The number of allylic oxidation sites excluding steroid dienone is 4. The van der Waals surface area contributed by atoms with Gasteiger partial charge in [-0.2, -0.15) is 0 Å². The lowest BCUT2D eigenvalue weighted by Crippen LogP contribution is -2.34. The van der Waals surface area contributed by atoms with Crippen LogP contribution in [0, 0.1) is 0 Å². The second-order valence-corrected chi connectivity index (χ2v) is 6.14. The minimum absolute atomic E-state index is 0.395. The van der Waals surface area contributed by atoms with Crippen molar-refractivity contribution in [2.75, 3.05) is 0 Å². The SMILES string of the molecule is Cn1ccnc1C(C1=CCC=C1)(c1ccccc1)c1ccccc1. The van der Waals surface area contributed by atoms with Crippen LogP contribution in [-0.4, -0.2) is 9.55 Å². The van der Waals surface area contributed by atoms with E-state index in [4.69, 9.17) is 4.98 Å². The summed E-state index contributed by atoms with van der Waals surface area (Å²) in [6.07, 6.45) is 11.7. The van der Waals surface area contributed by atoms with Crippen molar-refractivity contribution in [2.45, 2.75) is 11.8 Å². The Morgan fingerprint density at radius 1 is 0.917 bits per heavy atom. The maximum Gasteiger partial charge on any atom is 0.128 e. The average Bonchev–Trinajstić information content (AvgIpc) is 3.31. The van der Waals surface area contributed by atoms with E-state index < -0.39 is 5.41 Å². The molecule has 2 nitrogen and oxygen atoms in total. The number of hydrogen-bond acceptors (Lipinski definition) is 1. The summed E-state index contributed by atoms with van der Waals surface area (Å²) in [7, 11) is 2.07. The summed E-state index contributed by atoms with van der Waals surface area (Å²) in [4.78, 5) is 4.77. The van der Waals surface area contributed by atoms with Gasteiger partial charge in [-0.3, -0.25) is 0 Å². The highest BCUT2D eigenvalue weighted by atomic mass is 15.1. The first-order valence-electron chi connectivity index (χ1n) is 8.29. The Labute approximate surface area is 142 Å². The van der Waals surface area contributed by atoms with E-state index >= 15 is 0 Å². The molecule has 0 saturated carbocycles. The molecule has 4 rings (SSSR count). The van der Waals surface area contributed by atoms with Crippen molar-refractivity contribution < 1.29 is 0 Å². The summed E-state index contributed by atoms with van der Waals surface area (Å²) in [5.74, 6) is 1.04. The summed E-state index contributed by atoms with van der Waals surface area (Å²) >= 11 is 0. The summed E-state index contributed by atoms with van der Waals surface area (Å²) in [6, 6.07) is 21.4. The lowest BCUT2D eigenvalue weighted by Gasteiger charge is -2.35. The van der Waals surface area contributed by atoms with Crippen LogP contribution in [0.5, 0.6) is 0 Å². The second kappa shape index (κ2) is 5.97. The Kier molecular flexibility index (Phi) is 3.66. The number of imidazole rings is 1. The molecule has 0 amide bonds. The molecular formula is C22H20N2. The van der Waals surface area contributed by atoms with Gasteiger partial charge < -0.3 is 4.57 Å². The fourth-order valence-corrected chi connectivity index (χ4v) is 3.73. The molecule has 2 aromatic carbocycles. The lowest BCUT2D eigenvalue weighted by atomic mass is 9.68. The first-order valence-corrected chi connectivity index (χ1v) is 8.29. The summed E-state index contributed by atoms with van der Waals surface area (Å²) in [6.45, 7) is 0. The first kappa shape index (κ1) is 14.7. The van der Waals surface area contributed by atoms with Crippen molar-refractivity contribution in [1.82, 2.24) is 9.55 Å². The predicted octanol–water partition coefficient (Wildman–Crippen LogP) is 4.64. The van der Waals surface area contributed by atoms with Crippen LogP contribution in [0.3, 0.4) is 0 Å². The third kappa shape index (κ3) is 2.15. The average molecular weight is 312 g/mol. The standard InChI is InChI=1S/C22H20N2/c1-24-17-16-23-21(24)22(20-14-8-9-15-20,18-10-4-2-5-11-18)19-12-6-3-7-13-19/h2-8,10-17H,9H2,1H3. The zero-order valence-corrected chi connectivity index (χ0v) is 13.8. The van der Waals surface area contributed by atoms with Gasteiger partial charge in [0.2, 0.25) is 0 Å². The molecule has 1 aliphatic carbocycles. The van der Waals surface area contributed by atoms with Crippen LogP contribution in [0.2, 0.25) is 0 Å². The molecule has 0 radical (unpaired) electrons. The Balaban J connectivity index is 2.11. The smallest absolute Gasteiger partial charge is 0.128 e. The van der Waals surface area contributed by atoms with Gasteiger partial charge in [-0.1, -0.05) is 78.9 Å². The van der Waals surface area contributed by atoms with Crippen molar-refractivity contribution in [3.05, 3.63) is 114 Å². The number of aromatic nitrogens is 2. The Bertz CT molecular complexity index is 846. The van der Waals surface area contributed by atoms with Gasteiger partial charge in [0, 0.05) is 19.4 Å². The molecule has 0 saturated heterocycles. The summed E-state index contributed by atoms with van der Waals surface area (Å²) in [5.41, 5.74) is 3.37. The molecule has 0 unspecified atom stereocenters. The zero-order valence-electron chi connectivity index (χ0n) is 13.8. The second-order valence-electron chi connectivity index (χ2n) is 6.14. The van der Waals surface area contributed by atoms with Crippen molar-refractivity contribution in [2.24, 2.45) is 7.05 Å². The molecule has 2 heteroatoms. The van der Waals surface area contributed by atoms with E-state index in [0.29, 0.717) is 0 Å². The van der Waals surface area contributed by atoms with Gasteiger partial charge in [-0.25, -0.2) is 4.98 Å². The van der Waals surface area contributed by atoms with E-state index in [-0.39, 0.29) is 0 Å². The van der Waals surface area contributed by atoms with E-state index in [0.717, 1.165) is 12.2 Å². The van der Waals surface area contributed by atoms with E-state index in [1.165, 1.54) is 16.7 Å². The maximum absolute atomic E-state index is 4.77. The number of nitrogens with zero attached hydrogens (tertiary/aromatic N) is 2. The topological polar surface area (TPSA) is 17.8 Å². The van der Waals surface area contributed by atoms with Crippen molar-refractivity contribution >= 4 is 0 Å². The molecule has 1 heterocycles. The van der Waals surface area contributed by atoms with Gasteiger partial charge in [0.05, 0.1) is 0 Å². The molecule has 0 fully saturated rings. The summed E-state index contributed by atoms with van der Waals surface area (Å²) < 4.78 is 2.13. The summed E-state index contributed by atoms with van der Waals surface area (Å²) in [5, 5.41) is 0. The van der Waals surface area contributed by atoms with Crippen LogP contribution in [0.15, 0.2) is 96.9 Å². The van der Waals surface area contributed by atoms with Gasteiger partial charge in [0.1, 0.15) is 11.2 Å². The maximum atomic E-state index is 4.77. The predicted molar refractivity (Wildman–Crippen MR) is 97.8 cm³/mol. The van der Waals surface area contributed by atoms with Gasteiger partial charge in [0.25, 0.3) is 0 Å². The minimum Gasteiger partial charge on any atom is -0.337 e. The van der Waals surface area contributed by atoms with Crippen LogP contribution in [0.1, 0.15) is 23.4 Å². The van der Waals surface area contributed by atoms with Crippen LogP contribution >= 0.6 is 0 Å². The highest BCUT2D eigenvalue weighted by Crippen LogP contribution is 2.46.